The summed E-state index contributed by atoms with van der Waals surface area (Å²) in [5.41, 5.74) is 2.84. The van der Waals surface area contributed by atoms with Gasteiger partial charge in [-0.15, -0.1) is 0 Å². The van der Waals surface area contributed by atoms with Gasteiger partial charge in [0.05, 0.1) is 16.5 Å². The van der Waals surface area contributed by atoms with E-state index in [1.165, 1.54) is 0 Å². The maximum atomic E-state index is 12.5. The van der Waals surface area contributed by atoms with Gasteiger partial charge in [-0.05, 0) is 54.6 Å². The number of hydrogen-bond acceptors (Lipinski definition) is 5. The molecule has 1 fully saturated rings. The Morgan fingerprint density at radius 2 is 1.82 bits per heavy atom. The summed E-state index contributed by atoms with van der Waals surface area (Å²) in [6.45, 7) is 2.22. The summed E-state index contributed by atoms with van der Waals surface area (Å²) >= 11 is 0.895. The quantitative estimate of drug-likeness (QED) is 0.790. The van der Waals surface area contributed by atoms with Crippen molar-refractivity contribution in [2.24, 2.45) is 0 Å². The van der Waals surface area contributed by atoms with E-state index in [4.69, 9.17) is 5.26 Å². The van der Waals surface area contributed by atoms with Crippen molar-refractivity contribution >= 4 is 34.9 Å². The number of nitrogens with zero attached hydrogens (tertiary/aromatic N) is 2. The lowest BCUT2D eigenvalue weighted by molar-refractivity contribution is -0.122. The summed E-state index contributed by atoms with van der Waals surface area (Å²) in [4.78, 5) is 38.2. The summed E-state index contributed by atoms with van der Waals surface area (Å²) in [6.07, 6.45) is 1.69. The highest BCUT2D eigenvalue weighted by Crippen LogP contribution is 2.31. The first-order valence-corrected chi connectivity index (χ1v) is 9.40. The van der Waals surface area contributed by atoms with Crippen LogP contribution in [0.3, 0.4) is 0 Å². The molecule has 7 heteroatoms. The highest BCUT2D eigenvalue weighted by molar-refractivity contribution is 8.18. The van der Waals surface area contributed by atoms with Crippen molar-refractivity contribution in [3.05, 3.63) is 75.7 Å². The summed E-state index contributed by atoms with van der Waals surface area (Å²) in [6, 6.07) is 15.9. The predicted molar refractivity (Wildman–Crippen MR) is 107 cm³/mol. The number of hydrogen-bond donors (Lipinski definition) is 1. The van der Waals surface area contributed by atoms with Crippen molar-refractivity contribution in [2.45, 2.75) is 6.92 Å². The average Bonchev–Trinajstić information content (AvgIpc) is 2.97. The maximum absolute atomic E-state index is 12.5. The molecule has 1 N–H and O–H groups in total. The number of carbonyl (C=O) groups is 3. The maximum Gasteiger partial charge on any atom is 0.293 e. The molecule has 0 saturated carbocycles. The van der Waals surface area contributed by atoms with Gasteiger partial charge in [0.2, 0.25) is 0 Å². The number of aryl methyl sites for hydroxylation is 1. The molecule has 2 aromatic carbocycles. The van der Waals surface area contributed by atoms with E-state index in [2.05, 4.69) is 5.32 Å². The zero-order chi connectivity index (χ0) is 20.1. The first-order chi connectivity index (χ1) is 13.5. The molecule has 1 aliphatic rings. The number of nitriles is 1. The molecule has 2 aromatic rings. The van der Waals surface area contributed by atoms with Crippen LogP contribution in [0.2, 0.25) is 0 Å². The first kappa shape index (κ1) is 19.4. The van der Waals surface area contributed by atoms with Gasteiger partial charge in [-0.2, -0.15) is 5.26 Å². The van der Waals surface area contributed by atoms with Crippen LogP contribution in [0.15, 0.2) is 53.4 Å². The van der Waals surface area contributed by atoms with Gasteiger partial charge in [-0.25, -0.2) is 0 Å². The van der Waals surface area contributed by atoms with Crippen molar-refractivity contribution < 1.29 is 14.4 Å². The van der Waals surface area contributed by atoms with E-state index in [1.54, 1.807) is 30.3 Å². The van der Waals surface area contributed by atoms with E-state index in [0.717, 1.165) is 27.8 Å². The minimum Gasteiger partial charge on any atom is -0.350 e. The topological polar surface area (TPSA) is 90.3 Å². The Labute approximate surface area is 166 Å². The molecule has 3 rings (SSSR count). The second kappa shape index (κ2) is 8.55. The molecule has 3 amide bonds. The van der Waals surface area contributed by atoms with Gasteiger partial charge in [-0.1, -0.05) is 29.8 Å². The van der Waals surface area contributed by atoms with Crippen molar-refractivity contribution in [3.8, 4) is 6.07 Å². The molecule has 0 atom stereocenters. The highest BCUT2D eigenvalue weighted by atomic mass is 32.2. The molecule has 1 saturated heterocycles. The Kier molecular flexibility index (Phi) is 5.92. The number of imide groups is 1. The molecule has 0 radical (unpaired) electrons. The smallest absolute Gasteiger partial charge is 0.293 e. The van der Waals surface area contributed by atoms with Crippen LogP contribution in [0.25, 0.3) is 6.08 Å². The van der Waals surface area contributed by atoms with Crippen LogP contribution in [0.4, 0.5) is 4.79 Å². The number of carbonyl (C=O) groups excluding carboxylic acids is 3. The fraction of sp³-hybridized carbons (Fsp3) is 0.143. The SMILES string of the molecule is Cc1ccc(/C=C2\SC(=O)N(CCNC(=O)c3ccc(C#N)cc3)C2=O)cc1. The van der Waals surface area contributed by atoms with Gasteiger partial charge in [0.25, 0.3) is 17.1 Å². The molecule has 0 aliphatic carbocycles. The van der Waals surface area contributed by atoms with Crippen LogP contribution in [-0.4, -0.2) is 35.0 Å². The van der Waals surface area contributed by atoms with E-state index in [0.29, 0.717) is 16.0 Å². The third kappa shape index (κ3) is 4.48. The number of rotatable bonds is 5. The lowest BCUT2D eigenvalue weighted by atomic mass is 10.1. The molecule has 0 bridgehead atoms. The Hall–Kier alpha value is -3.37. The van der Waals surface area contributed by atoms with Gasteiger partial charge >= 0.3 is 0 Å². The largest absolute Gasteiger partial charge is 0.350 e. The van der Waals surface area contributed by atoms with Crippen LogP contribution in [-0.2, 0) is 4.79 Å². The number of amides is 3. The van der Waals surface area contributed by atoms with Crippen LogP contribution >= 0.6 is 11.8 Å². The minimum atomic E-state index is -0.358. The zero-order valence-corrected chi connectivity index (χ0v) is 16.0. The molecule has 1 heterocycles. The molecule has 140 valence electrons. The summed E-state index contributed by atoms with van der Waals surface area (Å²) < 4.78 is 0. The van der Waals surface area contributed by atoms with Gasteiger partial charge in [0.1, 0.15) is 0 Å². The standard InChI is InChI=1S/C21H17N3O3S/c1-14-2-4-15(5-3-14)12-18-20(26)24(21(27)28-18)11-10-23-19(25)17-8-6-16(13-22)7-9-17/h2-9,12H,10-11H2,1H3,(H,23,25)/b18-12-. The van der Waals surface area contributed by atoms with Crippen LogP contribution in [0.5, 0.6) is 0 Å². The van der Waals surface area contributed by atoms with Crippen molar-refractivity contribution in [3.63, 3.8) is 0 Å². The second-order valence-corrected chi connectivity index (χ2v) is 7.18. The number of nitrogens with one attached hydrogen (secondary N) is 1. The normalized spacial score (nSPS) is 15.0. The Morgan fingerprint density at radius 1 is 1.14 bits per heavy atom. The van der Waals surface area contributed by atoms with E-state index in [1.807, 2.05) is 37.3 Å². The van der Waals surface area contributed by atoms with Crippen molar-refractivity contribution in [1.82, 2.24) is 10.2 Å². The molecule has 0 aromatic heterocycles. The molecule has 28 heavy (non-hydrogen) atoms. The third-order valence-corrected chi connectivity index (χ3v) is 5.05. The summed E-state index contributed by atoms with van der Waals surface area (Å²) in [7, 11) is 0. The summed E-state index contributed by atoms with van der Waals surface area (Å²) in [5, 5.41) is 11.1. The molecular formula is C21H17N3O3S. The Morgan fingerprint density at radius 3 is 2.46 bits per heavy atom. The molecule has 1 aliphatic heterocycles. The van der Waals surface area contributed by atoms with Crippen LogP contribution < -0.4 is 5.32 Å². The van der Waals surface area contributed by atoms with Crippen molar-refractivity contribution in [1.29, 1.82) is 5.26 Å². The van der Waals surface area contributed by atoms with E-state index in [-0.39, 0.29) is 30.1 Å². The predicted octanol–water partition coefficient (Wildman–Crippen LogP) is 3.33. The highest BCUT2D eigenvalue weighted by Gasteiger charge is 2.34. The van der Waals surface area contributed by atoms with Gasteiger partial charge in [0.15, 0.2) is 0 Å². The van der Waals surface area contributed by atoms with Gasteiger partial charge < -0.3 is 5.32 Å². The number of benzene rings is 2. The first-order valence-electron chi connectivity index (χ1n) is 8.58. The summed E-state index contributed by atoms with van der Waals surface area (Å²) in [5.74, 6) is -0.685. The van der Waals surface area contributed by atoms with Gasteiger partial charge in [-0.3, -0.25) is 19.3 Å². The van der Waals surface area contributed by atoms with Crippen LogP contribution in [0.1, 0.15) is 27.0 Å². The number of thioether (sulfide) groups is 1. The molecule has 6 nitrogen and oxygen atoms in total. The Balaban J connectivity index is 1.57. The van der Waals surface area contributed by atoms with Crippen molar-refractivity contribution in [2.75, 3.05) is 13.1 Å². The fourth-order valence-electron chi connectivity index (χ4n) is 2.59. The van der Waals surface area contributed by atoms with E-state index >= 15 is 0 Å². The Bertz CT molecular complexity index is 989. The lowest BCUT2D eigenvalue weighted by Crippen LogP contribution is -2.37. The van der Waals surface area contributed by atoms with E-state index < -0.39 is 0 Å². The minimum absolute atomic E-state index is 0.0952. The zero-order valence-electron chi connectivity index (χ0n) is 15.1. The monoisotopic (exact) mass is 391 g/mol. The fourth-order valence-corrected chi connectivity index (χ4v) is 3.45. The average molecular weight is 391 g/mol. The second-order valence-electron chi connectivity index (χ2n) is 6.19. The van der Waals surface area contributed by atoms with Crippen LogP contribution in [0, 0.1) is 18.3 Å². The third-order valence-electron chi connectivity index (χ3n) is 4.15. The van der Waals surface area contributed by atoms with E-state index in [9.17, 15) is 14.4 Å². The molecule has 0 spiro atoms. The lowest BCUT2D eigenvalue weighted by Gasteiger charge is -2.13. The molecular weight excluding hydrogens is 374 g/mol. The molecule has 0 unspecified atom stereocenters. The van der Waals surface area contributed by atoms with Gasteiger partial charge in [0, 0.05) is 18.7 Å².